The molecule has 0 aliphatic heterocycles. The Labute approximate surface area is 144 Å². The molecule has 0 fully saturated rings. The van der Waals surface area contributed by atoms with Crippen LogP contribution >= 0.6 is 0 Å². The number of rotatable bonds is 6. The zero-order chi connectivity index (χ0) is 18.8. The van der Waals surface area contributed by atoms with Crippen molar-refractivity contribution in [2.45, 2.75) is 6.92 Å². The SMILES string of the molecule is COc1ccc(-c2oc(NS(C)(=O)=O)c(OC(C)=O)c2O)cc1OC. The van der Waals surface area contributed by atoms with Crippen molar-refractivity contribution in [1.29, 1.82) is 0 Å². The lowest BCUT2D eigenvalue weighted by molar-refractivity contribution is -0.131. The number of carbonyl (C=O) groups excluding carboxylic acids is 1. The molecule has 0 spiro atoms. The number of nitrogens with one attached hydrogen (secondary N) is 1. The minimum Gasteiger partial charge on any atom is -0.502 e. The number of esters is 1. The first-order chi connectivity index (χ1) is 11.7. The van der Waals surface area contributed by atoms with Crippen LogP contribution in [0.25, 0.3) is 11.3 Å². The predicted molar refractivity (Wildman–Crippen MR) is 88.7 cm³/mol. The Hall–Kier alpha value is -2.88. The summed E-state index contributed by atoms with van der Waals surface area (Å²) in [5.74, 6) is -1.43. The molecule has 0 amide bonds. The van der Waals surface area contributed by atoms with E-state index in [2.05, 4.69) is 0 Å². The number of hydrogen-bond donors (Lipinski definition) is 2. The van der Waals surface area contributed by atoms with E-state index < -0.39 is 33.4 Å². The van der Waals surface area contributed by atoms with E-state index in [4.69, 9.17) is 18.6 Å². The van der Waals surface area contributed by atoms with Gasteiger partial charge in [0.15, 0.2) is 17.3 Å². The van der Waals surface area contributed by atoms with Crippen LogP contribution in [0.4, 0.5) is 5.88 Å². The number of ether oxygens (including phenoxy) is 3. The summed E-state index contributed by atoms with van der Waals surface area (Å²) in [6, 6.07) is 4.64. The van der Waals surface area contributed by atoms with Gasteiger partial charge in [-0.25, -0.2) is 8.42 Å². The number of methoxy groups -OCH3 is 2. The lowest BCUT2D eigenvalue weighted by Crippen LogP contribution is -2.11. The van der Waals surface area contributed by atoms with Crippen LogP contribution < -0.4 is 18.9 Å². The van der Waals surface area contributed by atoms with Crippen LogP contribution in [-0.2, 0) is 14.8 Å². The van der Waals surface area contributed by atoms with Crippen LogP contribution in [0.3, 0.4) is 0 Å². The summed E-state index contributed by atoms with van der Waals surface area (Å²) < 4.78 is 45.5. The normalized spacial score (nSPS) is 11.0. The lowest BCUT2D eigenvalue weighted by atomic mass is 10.1. The van der Waals surface area contributed by atoms with Gasteiger partial charge in [-0.1, -0.05) is 0 Å². The van der Waals surface area contributed by atoms with Crippen molar-refractivity contribution in [3.8, 4) is 34.3 Å². The minimum absolute atomic E-state index is 0.108. The molecule has 0 radical (unpaired) electrons. The quantitative estimate of drug-likeness (QED) is 0.739. The molecular weight excluding hydrogens is 354 g/mol. The first-order valence-electron chi connectivity index (χ1n) is 6.90. The van der Waals surface area contributed by atoms with Crippen molar-refractivity contribution in [2.75, 3.05) is 25.2 Å². The Morgan fingerprint density at radius 3 is 2.36 bits per heavy atom. The summed E-state index contributed by atoms with van der Waals surface area (Å²) in [7, 11) is -0.833. The Kier molecular flexibility index (Phi) is 5.12. The van der Waals surface area contributed by atoms with E-state index in [1.165, 1.54) is 20.3 Å². The average molecular weight is 371 g/mol. The molecule has 0 bridgehead atoms. The number of benzene rings is 1. The van der Waals surface area contributed by atoms with Crippen LogP contribution in [0, 0.1) is 0 Å². The number of carbonyl (C=O) groups is 1. The largest absolute Gasteiger partial charge is 0.502 e. The standard InChI is InChI=1S/C15H17NO8S/c1-8(17)23-14-12(18)13(24-15(14)16-25(4,19)20)9-5-6-10(21-2)11(7-9)22-3/h5-7,16,18H,1-4H3. The summed E-state index contributed by atoms with van der Waals surface area (Å²) in [6.07, 6.45) is 0.889. The Morgan fingerprint density at radius 1 is 1.20 bits per heavy atom. The van der Waals surface area contributed by atoms with Crippen LogP contribution in [0.2, 0.25) is 0 Å². The monoisotopic (exact) mass is 371 g/mol. The molecule has 0 saturated carbocycles. The number of sulfonamides is 1. The number of anilines is 1. The third kappa shape index (κ3) is 4.15. The molecule has 0 saturated heterocycles. The fraction of sp³-hybridized carbons (Fsp3) is 0.267. The first kappa shape index (κ1) is 18.5. The van der Waals surface area contributed by atoms with Crippen molar-refractivity contribution in [3.63, 3.8) is 0 Å². The summed E-state index contributed by atoms with van der Waals surface area (Å²) in [5, 5.41) is 10.3. The highest BCUT2D eigenvalue weighted by atomic mass is 32.2. The van der Waals surface area contributed by atoms with Gasteiger partial charge < -0.3 is 23.7 Å². The molecule has 2 rings (SSSR count). The van der Waals surface area contributed by atoms with Crippen molar-refractivity contribution in [2.24, 2.45) is 0 Å². The third-order valence-corrected chi connectivity index (χ3v) is 3.57. The van der Waals surface area contributed by atoms with Crippen LogP contribution in [0.15, 0.2) is 22.6 Å². The summed E-state index contributed by atoms with van der Waals surface area (Å²) in [5.41, 5.74) is 0.352. The molecule has 2 aromatic rings. The first-order valence-corrected chi connectivity index (χ1v) is 8.79. The number of aromatic hydroxyl groups is 1. The van der Waals surface area contributed by atoms with E-state index in [0.29, 0.717) is 17.1 Å². The van der Waals surface area contributed by atoms with Crippen molar-refractivity contribution < 1.29 is 36.9 Å². The van der Waals surface area contributed by atoms with Gasteiger partial charge >= 0.3 is 5.97 Å². The van der Waals surface area contributed by atoms with Gasteiger partial charge in [0.05, 0.1) is 20.5 Å². The summed E-state index contributed by atoms with van der Waals surface area (Å²) in [6.45, 7) is 1.10. The zero-order valence-electron chi connectivity index (χ0n) is 13.9. The fourth-order valence-electron chi connectivity index (χ4n) is 2.05. The van der Waals surface area contributed by atoms with Gasteiger partial charge in [0.25, 0.3) is 5.88 Å². The second-order valence-electron chi connectivity index (χ2n) is 4.98. The second kappa shape index (κ2) is 6.93. The molecule has 25 heavy (non-hydrogen) atoms. The fourth-order valence-corrected chi connectivity index (χ4v) is 2.53. The van der Waals surface area contributed by atoms with Gasteiger partial charge in [-0.15, -0.1) is 0 Å². The molecule has 136 valence electrons. The molecule has 1 aromatic carbocycles. The molecule has 1 aromatic heterocycles. The Morgan fingerprint density at radius 2 is 1.84 bits per heavy atom. The highest BCUT2D eigenvalue weighted by Gasteiger charge is 2.26. The van der Waals surface area contributed by atoms with Gasteiger partial charge in [-0.05, 0) is 18.2 Å². The topological polar surface area (TPSA) is 124 Å². The van der Waals surface area contributed by atoms with Gasteiger partial charge in [0, 0.05) is 12.5 Å². The van der Waals surface area contributed by atoms with Crippen molar-refractivity contribution >= 4 is 21.9 Å². The molecule has 2 N–H and O–H groups in total. The molecule has 9 nitrogen and oxygen atoms in total. The van der Waals surface area contributed by atoms with Gasteiger partial charge in [0.2, 0.25) is 21.5 Å². The van der Waals surface area contributed by atoms with Gasteiger partial charge in [-0.3, -0.25) is 9.52 Å². The predicted octanol–water partition coefficient (Wildman–Crippen LogP) is 1.97. The van der Waals surface area contributed by atoms with E-state index >= 15 is 0 Å². The maximum absolute atomic E-state index is 11.4. The number of hydrogen-bond acceptors (Lipinski definition) is 8. The van der Waals surface area contributed by atoms with Crippen LogP contribution in [0.5, 0.6) is 23.0 Å². The summed E-state index contributed by atoms with van der Waals surface area (Å²) >= 11 is 0. The number of furan rings is 1. The molecule has 0 unspecified atom stereocenters. The van der Waals surface area contributed by atoms with Crippen LogP contribution in [0.1, 0.15) is 6.92 Å². The van der Waals surface area contributed by atoms with Crippen molar-refractivity contribution in [1.82, 2.24) is 0 Å². The van der Waals surface area contributed by atoms with E-state index in [-0.39, 0.29) is 5.76 Å². The highest BCUT2D eigenvalue weighted by Crippen LogP contribution is 2.47. The van der Waals surface area contributed by atoms with Crippen molar-refractivity contribution in [3.05, 3.63) is 18.2 Å². The summed E-state index contributed by atoms with van der Waals surface area (Å²) in [4.78, 5) is 11.2. The highest BCUT2D eigenvalue weighted by molar-refractivity contribution is 7.92. The van der Waals surface area contributed by atoms with E-state index in [0.717, 1.165) is 13.2 Å². The average Bonchev–Trinajstić information content (AvgIpc) is 2.81. The van der Waals surface area contributed by atoms with E-state index in [1.807, 2.05) is 4.72 Å². The minimum atomic E-state index is -3.74. The van der Waals surface area contributed by atoms with Gasteiger partial charge in [0.1, 0.15) is 0 Å². The molecule has 0 atom stereocenters. The van der Waals surface area contributed by atoms with Crippen LogP contribution in [-0.4, -0.2) is 40.0 Å². The molecule has 0 aliphatic rings. The maximum atomic E-state index is 11.4. The molecular formula is C15H17NO8S. The second-order valence-corrected chi connectivity index (χ2v) is 6.72. The van der Waals surface area contributed by atoms with E-state index in [9.17, 15) is 18.3 Å². The smallest absolute Gasteiger partial charge is 0.308 e. The van der Waals surface area contributed by atoms with Gasteiger partial charge in [-0.2, -0.15) is 0 Å². The lowest BCUT2D eigenvalue weighted by Gasteiger charge is -2.08. The Bertz CT molecular complexity index is 900. The third-order valence-electron chi connectivity index (χ3n) is 3.01. The molecule has 1 heterocycles. The molecule has 10 heteroatoms. The maximum Gasteiger partial charge on any atom is 0.308 e. The molecule has 0 aliphatic carbocycles. The Balaban J connectivity index is 2.60. The van der Waals surface area contributed by atoms with E-state index in [1.54, 1.807) is 12.1 Å². The zero-order valence-corrected chi connectivity index (χ0v) is 14.8.